The molecule has 170 valence electrons. The van der Waals surface area contributed by atoms with Crippen molar-refractivity contribution in [3.63, 3.8) is 0 Å². The topological polar surface area (TPSA) is 101 Å². The Hall–Kier alpha value is -3.63. The molecule has 0 aromatic heterocycles. The summed E-state index contributed by atoms with van der Waals surface area (Å²) >= 11 is 1.75. The van der Waals surface area contributed by atoms with Gasteiger partial charge in [-0.1, -0.05) is 23.8 Å². The van der Waals surface area contributed by atoms with Crippen molar-refractivity contribution in [2.45, 2.75) is 0 Å². The van der Waals surface area contributed by atoms with Gasteiger partial charge in [0.1, 0.15) is 11.5 Å². The maximum absolute atomic E-state index is 13.3. The van der Waals surface area contributed by atoms with E-state index in [1.54, 1.807) is 78.4 Å². The van der Waals surface area contributed by atoms with Crippen molar-refractivity contribution >= 4 is 40.9 Å². The Bertz CT molecular complexity index is 1100. The molecule has 10 heteroatoms. The fourth-order valence-electron chi connectivity index (χ4n) is 3.28. The van der Waals surface area contributed by atoms with Gasteiger partial charge in [-0.15, -0.1) is 0 Å². The molecule has 2 aromatic rings. The smallest absolute Gasteiger partial charge is 0.376 e. The van der Waals surface area contributed by atoms with Crippen LogP contribution in [-0.2, 0) is 14.4 Å². The van der Waals surface area contributed by atoms with E-state index in [9.17, 15) is 14.4 Å². The molecule has 33 heavy (non-hydrogen) atoms. The van der Waals surface area contributed by atoms with Crippen LogP contribution in [0.3, 0.4) is 0 Å². The van der Waals surface area contributed by atoms with Crippen molar-refractivity contribution in [1.82, 2.24) is 10.5 Å². The number of benzene rings is 2. The van der Waals surface area contributed by atoms with Crippen molar-refractivity contribution < 1.29 is 24.0 Å². The SMILES string of the molecule is COc1ccc(N2NOC(=O)/C2=C\C(=NC(=O)c2ccccc2)C(=O)N2CCSCC2)cc1. The predicted octanol–water partition coefficient (Wildman–Crippen LogP) is 2.22. The lowest BCUT2D eigenvalue weighted by Gasteiger charge is -2.26. The average molecular weight is 467 g/mol. The number of amides is 2. The van der Waals surface area contributed by atoms with Crippen LogP contribution in [0.25, 0.3) is 0 Å². The number of rotatable bonds is 5. The molecular formula is C23H22N4O5S. The Morgan fingerprint density at radius 1 is 1.09 bits per heavy atom. The first-order valence-electron chi connectivity index (χ1n) is 10.2. The number of methoxy groups -OCH3 is 1. The molecule has 2 saturated heterocycles. The summed E-state index contributed by atoms with van der Waals surface area (Å²) in [6, 6.07) is 15.3. The molecule has 0 bridgehead atoms. The highest BCUT2D eigenvalue weighted by Crippen LogP contribution is 2.25. The fraction of sp³-hybridized carbons (Fsp3) is 0.217. The maximum Gasteiger partial charge on any atom is 0.376 e. The Morgan fingerprint density at radius 3 is 2.45 bits per heavy atom. The van der Waals surface area contributed by atoms with Crippen molar-refractivity contribution in [2.75, 3.05) is 36.7 Å². The zero-order valence-electron chi connectivity index (χ0n) is 17.9. The van der Waals surface area contributed by atoms with Crippen LogP contribution >= 0.6 is 11.8 Å². The number of anilines is 1. The molecule has 2 heterocycles. The summed E-state index contributed by atoms with van der Waals surface area (Å²) in [5, 5.41) is 1.38. The lowest BCUT2D eigenvalue weighted by atomic mass is 10.2. The number of carbonyl (C=O) groups excluding carboxylic acids is 3. The number of carbonyl (C=O) groups is 3. The molecule has 2 aromatic carbocycles. The summed E-state index contributed by atoms with van der Waals surface area (Å²) in [4.78, 5) is 49.2. The van der Waals surface area contributed by atoms with E-state index in [1.165, 1.54) is 11.1 Å². The zero-order chi connectivity index (χ0) is 23.2. The Balaban J connectivity index is 1.71. The lowest BCUT2D eigenvalue weighted by Crippen LogP contribution is -2.42. The van der Waals surface area contributed by atoms with Crippen LogP contribution < -0.4 is 15.3 Å². The predicted molar refractivity (Wildman–Crippen MR) is 125 cm³/mol. The lowest BCUT2D eigenvalue weighted by molar-refractivity contribution is -0.140. The van der Waals surface area contributed by atoms with E-state index in [4.69, 9.17) is 9.57 Å². The monoisotopic (exact) mass is 466 g/mol. The van der Waals surface area contributed by atoms with Gasteiger partial charge in [0.05, 0.1) is 12.8 Å². The van der Waals surface area contributed by atoms with E-state index in [0.717, 1.165) is 11.5 Å². The molecule has 0 unspecified atom stereocenters. The molecule has 4 rings (SSSR count). The van der Waals surface area contributed by atoms with Crippen LogP contribution in [0.5, 0.6) is 5.75 Å². The number of nitrogens with one attached hydrogen (secondary N) is 1. The summed E-state index contributed by atoms with van der Waals surface area (Å²) in [7, 11) is 1.55. The van der Waals surface area contributed by atoms with Crippen LogP contribution in [0.4, 0.5) is 5.69 Å². The third-order valence-corrected chi connectivity index (χ3v) is 5.99. The first-order valence-corrected chi connectivity index (χ1v) is 11.4. The molecule has 0 radical (unpaired) electrons. The summed E-state index contributed by atoms with van der Waals surface area (Å²) in [5.41, 5.74) is 3.33. The molecular weight excluding hydrogens is 444 g/mol. The normalized spacial score (nSPS) is 17.8. The third-order valence-electron chi connectivity index (χ3n) is 5.04. The first kappa shape index (κ1) is 22.6. The maximum atomic E-state index is 13.3. The van der Waals surface area contributed by atoms with Gasteiger partial charge < -0.3 is 14.5 Å². The van der Waals surface area contributed by atoms with Gasteiger partial charge in [0.15, 0.2) is 5.70 Å². The minimum Gasteiger partial charge on any atom is -0.497 e. The second kappa shape index (κ2) is 10.3. The molecule has 2 amide bonds. The third kappa shape index (κ3) is 5.24. The Labute approximate surface area is 195 Å². The van der Waals surface area contributed by atoms with E-state index in [2.05, 4.69) is 10.6 Å². The van der Waals surface area contributed by atoms with E-state index in [0.29, 0.717) is 30.1 Å². The number of hydrazine groups is 1. The van der Waals surface area contributed by atoms with E-state index in [-0.39, 0.29) is 11.4 Å². The molecule has 0 atom stereocenters. The number of thioether (sulfide) groups is 1. The molecule has 2 aliphatic heterocycles. The van der Waals surface area contributed by atoms with Crippen LogP contribution in [0.15, 0.2) is 71.4 Å². The van der Waals surface area contributed by atoms with E-state index >= 15 is 0 Å². The fourth-order valence-corrected chi connectivity index (χ4v) is 4.18. The van der Waals surface area contributed by atoms with E-state index < -0.39 is 17.8 Å². The van der Waals surface area contributed by atoms with Gasteiger partial charge in [0.25, 0.3) is 11.8 Å². The van der Waals surface area contributed by atoms with Crippen molar-refractivity contribution in [3.8, 4) is 5.75 Å². The van der Waals surface area contributed by atoms with Crippen molar-refractivity contribution in [3.05, 3.63) is 71.9 Å². The van der Waals surface area contributed by atoms with Gasteiger partial charge >= 0.3 is 5.97 Å². The molecule has 2 fully saturated rings. The second-order valence-corrected chi connectivity index (χ2v) is 8.34. The van der Waals surface area contributed by atoms with Gasteiger partial charge in [-0.25, -0.2) is 14.8 Å². The van der Waals surface area contributed by atoms with Crippen LogP contribution in [0, 0.1) is 0 Å². The summed E-state index contributed by atoms with van der Waals surface area (Å²) < 4.78 is 5.17. The van der Waals surface area contributed by atoms with Gasteiger partial charge in [-0.3, -0.25) is 9.59 Å². The highest BCUT2D eigenvalue weighted by Gasteiger charge is 2.32. The number of ether oxygens (including phenoxy) is 1. The second-order valence-electron chi connectivity index (χ2n) is 7.12. The largest absolute Gasteiger partial charge is 0.497 e. The number of nitrogens with zero attached hydrogens (tertiary/aromatic N) is 3. The Kier molecular flexibility index (Phi) is 7.06. The minimum absolute atomic E-state index is 0.0273. The highest BCUT2D eigenvalue weighted by molar-refractivity contribution is 7.99. The molecule has 2 aliphatic rings. The molecule has 0 aliphatic carbocycles. The standard InChI is InChI=1S/C23H22N4O5S/c1-31-18-9-7-17(8-10-18)27-20(23(30)32-25-27)15-19(22(29)26-11-13-33-14-12-26)24-21(28)16-5-3-2-4-6-16/h2-10,15,25H,11-14H2,1H3/b20-15+,24-19?. The average Bonchev–Trinajstić information content (AvgIpc) is 3.24. The van der Waals surface area contributed by atoms with E-state index in [1.807, 2.05) is 0 Å². The number of hydrogen-bond donors (Lipinski definition) is 1. The van der Waals surface area contributed by atoms with Gasteiger partial charge in [-0.05, 0) is 36.4 Å². The summed E-state index contributed by atoms with van der Waals surface area (Å²) in [6.45, 7) is 1.08. The molecule has 9 nitrogen and oxygen atoms in total. The van der Waals surface area contributed by atoms with Crippen molar-refractivity contribution in [2.24, 2.45) is 4.99 Å². The Morgan fingerprint density at radius 2 is 1.79 bits per heavy atom. The van der Waals surface area contributed by atoms with Gasteiger partial charge in [-0.2, -0.15) is 11.8 Å². The first-order chi connectivity index (χ1) is 16.1. The summed E-state index contributed by atoms with van der Waals surface area (Å²) in [6.07, 6.45) is 1.29. The number of aliphatic imine (C=N–C) groups is 1. The summed E-state index contributed by atoms with van der Waals surface area (Å²) in [5.74, 6) is 0.546. The molecule has 0 saturated carbocycles. The van der Waals surface area contributed by atoms with Crippen LogP contribution in [-0.4, -0.2) is 60.1 Å². The van der Waals surface area contributed by atoms with Gasteiger partial charge in [0, 0.05) is 36.2 Å². The zero-order valence-corrected chi connectivity index (χ0v) is 18.7. The van der Waals surface area contributed by atoms with Crippen LogP contribution in [0.2, 0.25) is 0 Å². The quantitative estimate of drug-likeness (QED) is 0.529. The van der Waals surface area contributed by atoms with Gasteiger partial charge in [0.2, 0.25) is 0 Å². The minimum atomic E-state index is -0.701. The molecule has 1 N–H and O–H groups in total. The highest BCUT2D eigenvalue weighted by atomic mass is 32.2. The number of hydrogen-bond acceptors (Lipinski definition) is 8. The molecule has 0 spiro atoms. The van der Waals surface area contributed by atoms with Crippen LogP contribution in [0.1, 0.15) is 10.4 Å². The van der Waals surface area contributed by atoms with Crippen molar-refractivity contribution in [1.29, 1.82) is 0 Å².